The Labute approximate surface area is 113 Å². The number of carbonyl (C=O) groups is 1. The number of carbonyl (C=O) groups excluding carboxylic acids is 1. The van der Waals surface area contributed by atoms with Crippen LogP contribution in [0.25, 0.3) is 0 Å². The Hall–Kier alpha value is -1.33. The topological polar surface area (TPSA) is 45.9 Å². The molecule has 2 aliphatic rings. The van der Waals surface area contributed by atoms with Crippen molar-refractivity contribution in [2.75, 3.05) is 39.4 Å². The molecule has 1 amide bonds. The molecule has 3 rings (SSSR count). The molecule has 3 heterocycles. The van der Waals surface area contributed by atoms with E-state index in [1.54, 1.807) is 12.3 Å². The van der Waals surface area contributed by atoms with Gasteiger partial charge in [-0.05, 0) is 18.9 Å². The Balaban J connectivity index is 1.59. The van der Waals surface area contributed by atoms with Crippen molar-refractivity contribution in [1.29, 1.82) is 0 Å². The molecule has 0 aliphatic carbocycles. The van der Waals surface area contributed by atoms with Crippen molar-refractivity contribution >= 4 is 5.91 Å². The Bertz CT molecular complexity index is 412. The zero-order chi connectivity index (χ0) is 13.1. The van der Waals surface area contributed by atoms with E-state index >= 15 is 0 Å². The molecule has 1 atom stereocenters. The summed E-state index contributed by atoms with van der Waals surface area (Å²) in [6.07, 6.45) is 5.22. The Kier molecular flexibility index (Phi) is 3.84. The molecule has 2 saturated heterocycles. The van der Waals surface area contributed by atoms with Crippen molar-refractivity contribution in [1.82, 2.24) is 9.80 Å². The number of hydrogen-bond acceptors (Lipinski definition) is 4. The highest BCUT2D eigenvalue weighted by atomic mass is 16.5. The maximum Gasteiger partial charge on any atom is 0.257 e. The molecule has 0 N–H and O–H groups in total. The van der Waals surface area contributed by atoms with Crippen LogP contribution in [0.2, 0.25) is 0 Å². The summed E-state index contributed by atoms with van der Waals surface area (Å²) in [6.45, 7) is 5.34. The third kappa shape index (κ3) is 2.82. The molecular weight excluding hydrogens is 244 g/mol. The lowest BCUT2D eigenvalue weighted by Crippen LogP contribution is -2.39. The fourth-order valence-corrected chi connectivity index (χ4v) is 2.88. The molecule has 0 aromatic carbocycles. The Morgan fingerprint density at radius 1 is 1.26 bits per heavy atom. The number of amides is 1. The van der Waals surface area contributed by atoms with Gasteiger partial charge >= 0.3 is 0 Å². The van der Waals surface area contributed by atoms with Crippen LogP contribution in [0.1, 0.15) is 23.2 Å². The van der Waals surface area contributed by atoms with Gasteiger partial charge in [-0.1, -0.05) is 0 Å². The first-order valence-electron chi connectivity index (χ1n) is 6.98. The third-order valence-corrected chi connectivity index (χ3v) is 4.01. The van der Waals surface area contributed by atoms with Crippen molar-refractivity contribution in [2.45, 2.75) is 18.9 Å². The van der Waals surface area contributed by atoms with Gasteiger partial charge in [0.2, 0.25) is 0 Å². The van der Waals surface area contributed by atoms with Gasteiger partial charge in [0.1, 0.15) is 6.26 Å². The molecule has 0 spiro atoms. The first kappa shape index (κ1) is 12.7. The van der Waals surface area contributed by atoms with Crippen LogP contribution >= 0.6 is 0 Å². The molecule has 2 fully saturated rings. The van der Waals surface area contributed by atoms with Gasteiger partial charge in [0, 0.05) is 38.8 Å². The monoisotopic (exact) mass is 264 g/mol. The number of rotatable bonds is 2. The number of ether oxygens (including phenoxy) is 1. The molecule has 104 valence electrons. The second kappa shape index (κ2) is 5.75. The van der Waals surface area contributed by atoms with Crippen LogP contribution < -0.4 is 0 Å². The highest BCUT2D eigenvalue weighted by molar-refractivity contribution is 5.93. The minimum atomic E-state index is 0.0817. The van der Waals surface area contributed by atoms with Crippen molar-refractivity contribution in [3.8, 4) is 0 Å². The van der Waals surface area contributed by atoms with Gasteiger partial charge in [-0.3, -0.25) is 9.69 Å². The zero-order valence-electron chi connectivity index (χ0n) is 11.1. The quantitative estimate of drug-likeness (QED) is 0.805. The van der Waals surface area contributed by atoms with Crippen molar-refractivity contribution in [2.24, 2.45) is 0 Å². The van der Waals surface area contributed by atoms with Gasteiger partial charge < -0.3 is 14.1 Å². The van der Waals surface area contributed by atoms with Gasteiger partial charge in [0.15, 0.2) is 0 Å². The summed E-state index contributed by atoms with van der Waals surface area (Å²) in [5, 5.41) is 0. The highest BCUT2D eigenvalue weighted by Crippen LogP contribution is 2.16. The summed E-state index contributed by atoms with van der Waals surface area (Å²) in [4.78, 5) is 16.7. The Morgan fingerprint density at radius 2 is 2.21 bits per heavy atom. The van der Waals surface area contributed by atoms with E-state index in [9.17, 15) is 4.79 Å². The van der Waals surface area contributed by atoms with E-state index in [2.05, 4.69) is 4.90 Å². The van der Waals surface area contributed by atoms with E-state index in [1.165, 1.54) is 6.26 Å². The molecule has 0 radical (unpaired) electrons. The average molecular weight is 264 g/mol. The maximum absolute atomic E-state index is 12.3. The summed E-state index contributed by atoms with van der Waals surface area (Å²) >= 11 is 0. The van der Waals surface area contributed by atoms with Crippen LogP contribution in [-0.4, -0.2) is 61.1 Å². The second-order valence-corrected chi connectivity index (χ2v) is 5.21. The van der Waals surface area contributed by atoms with Gasteiger partial charge in [0.25, 0.3) is 5.91 Å². The van der Waals surface area contributed by atoms with Gasteiger partial charge in [-0.15, -0.1) is 0 Å². The standard InChI is InChI=1S/C14H20N2O3/c17-14(12-2-8-18-10-12)16-5-1-4-15(6-7-16)13-3-9-19-11-13/h2,8,10,13H,1,3-7,9,11H2. The van der Waals surface area contributed by atoms with Gasteiger partial charge in [0.05, 0.1) is 18.4 Å². The fourth-order valence-electron chi connectivity index (χ4n) is 2.88. The summed E-state index contributed by atoms with van der Waals surface area (Å²) < 4.78 is 10.4. The first-order chi connectivity index (χ1) is 9.34. The van der Waals surface area contributed by atoms with E-state index in [4.69, 9.17) is 9.15 Å². The summed E-state index contributed by atoms with van der Waals surface area (Å²) in [5.41, 5.74) is 0.651. The highest BCUT2D eigenvalue weighted by Gasteiger charge is 2.27. The summed E-state index contributed by atoms with van der Waals surface area (Å²) in [5.74, 6) is 0.0817. The molecule has 1 aromatic heterocycles. The van der Waals surface area contributed by atoms with Crippen molar-refractivity contribution in [3.63, 3.8) is 0 Å². The molecule has 0 saturated carbocycles. The van der Waals surface area contributed by atoms with Crippen LogP contribution in [0, 0.1) is 0 Å². The number of furan rings is 1. The van der Waals surface area contributed by atoms with Crippen LogP contribution in [0.15, 0.2) is 23.0 Å². The predicted molar refractivity (Wildman–Crippen MR) is 70.0 cm³/mol. The van der Waals surface area contributed by atoms with Crippen molar-refractivity contribution < 1.29 is 13.9 Å². The van der Waals surface area contributed by atoms with Crippen LogP contribution in [0.5, 0.6) is 0 Å². The van der Waals surface area contributed by atoms with E-state index in [0.29, 0.717) is 11.6 Å². The zero-order valence-corrected chi connectivity index (χ0v) is 11.1. The normalized spacial score (nSPS) is 25.5. The lowest BCUT2D eigenvalue weighted by Gasteiger charge is -2.26. The lowest BCUT2D eigenvalue weighted by molar-refractivity contribution is 0.0756. The molecule has 1 aromatic rings. The van der Waals surface area contributed by atoms with Crippen molar-refractivity contribution in [3.05, 3.63) is 24.2 Å². The average Bonchev–Trinajstić information content (AvgIpc) is 3.08. The predicted octanol–water partition coefficient (Wildman–Crippen LogP) is 1.22. The minimum Gasteiger partial charge on any atom is -0.472 e. The third-order valence-electron chi connectivity index (χ3n) is 4.01. The lowest BCUT2D eigenvalue weighted by atomic mass is 10.2. The van der Waals surface area contributed by atoms with Gasteiger partial charge in [-0.25, -0.2) is 0 Å². The molecule has 2 aliphatic heterocycles. The van der Waals surface area contributed by atoms with Crippen LogP contribution in [0.3, 0.4) is 0 Å². The van der Waals surface area contributed by atoms with Gasteiger partial charge in [-0.2, -0.15) is 0 Å². The van der Waals surface area contributed by atoms with E-state index < -0.39 is 0 Å². The van der Waals surface area contributed by atoms with E-state index in [0.717, 1.165) is 52.2 Å². The minimum absolute atomic E-state index is 0.0817. The Morgan fingerprint density at radius 3 is 2.95 bits per heavy atom. The molecule has 5 heteroatoms. The molecule has 1 unspecified atom stereocenters. The first-order valence-corrected chi connectivity index (χ1v) is 6.98. The van der Waals surface area contributed by atoms with E-state index in [1.807, 2.05) is 4.90 Å². The largest absolute Gasteiger partial charge is 0.472 e. The smallest absolute Gasteiger partial charge is 0.257 e. The summed E-state index contributed by atoms with van der Waals surface area (Å²) in [7, 11) is 0. The molecular formula is C14H20N2O3. The molecule has 0 bridgehead atoms. The SMILES string of the molecule is O=C(c1ccoc1)N1CCCN(C2CCOC2)CC1. The second-order valence-electron chi connectivity index (χ2n) is 5.21. The molecule has 19 heavy (non-hydrogen) atoms. The van der Waals surface area contributed by atoms with Crippen LogP contribution in [0.4, 0.5) is 0 Å². The number of hydrogen-bond donors (Lipinski definition) is 0. The van der Waals surface area contributed by atoms with E-state index in [-0.39, 0.29) is 5.91 Å². The fraction of sp³-hybridized carbons (Fsp3) is 0.643. The maximum atomic E-state index is 12.3. The van der Waals surface area contributed by atoms with Crippen LogP contribution in [-0.2, 0) is 4.74 Å². The molecule has 5 nitrogen and oxygen atoms in total. The summed E-state index contributed by atoms with van der Waals surface area (Å²) in [6, 6.07) is 2.28. The number of nitrogens with zero attached hydrogens (tertiary/aromatic N) is 2.